The molecule has 5 nitrogen and oxygen atoms in total. The van der Waals surface area contributed by atoms with E-state index >= 15 is 0 Å². The van der Waals surface area contributed by atoms with E-state index in [1.165, 1.54) is 7.05 Å². The lowest BCUT2D eigenvalue weighted by Gasteiger charge is -2.14. The highest BCUT2D eigenvalue weighted by Gasteiger charge is 2.10. The predicted octanol–water partition coefficient (Wildman–Crippen LogP) is 1.36. The number of ether oxygens (including phenoxy) is 1. The summed E-state index contributed by atoms with van der Waals surface area (Å²) in [6.45, 7) is 5.98. The maximum atomic E-state index is 11.6. The maximum Gasteiger partial charge on any atom is 0.258 e. The van der Waals surface area contributed by atoms with Crippen LogP contribution >= 0.6 is 0 Å². The zero-order valence-corrected chi connectivity index (χ0v) is 12.4. The summed E-state index contributed by atoms with van der Waals surface area (Å²) in [4.78, 5) is 22.6. The summed E-state index contributed by atoms with van der Waals surface area (Å²) in [7, 11) is 1.52. The summed E-state index contributed by atoms with van der Waals surface area (Å²) in [5.41, 5.74) is 2.14. The van der Waals surface area contributed by atoms with Gasteiger partial charge in [-0.2, -0.15) is 0 Å². The third-order valence-corrected chi connectivity index (χ3v) is 2.87. The van der Waals surface area contributed by atoms with Gasteiger partial charge in [-0.15, -0.1) is 0 Å². The van der Waals surface area contributed by atoms with Gasteiger partial charge in [0.15, 0.2) is 6.61 Å². The molecule has 0 aliphatic carbocycles. The standard InChI is InChI=1S/C15H22N2O3/c1-10(2)12-6-5-11(3)7-13(12)20-9-15(19)17-8-14(18)16-4/h5-7,10H,8-9H2,1-4H3,(H,16,18)(H,17,19). The molecule has 0 heterocycles. The van der Waals surface area contributed by atoms with Crippen LogP contribution in [0.5, 0.6) is 5.75 Å². The van der Waals surface area contributed by atoms with Crippen LogP contribution < -0.4 is 15.4 Å². The van der Waals surface area contributed by atoms with E-state index in [-0.39, 0.29) is 25.0 Å². The first-order valence-electron chi connectivity index (χ1n) is 6.64. The first kappa shape index (κ1) is 16.0. The van der Waals surface area contributed by atoms with E-state index in [2.05, 4.69) is 24.5 Å². The van der Waals surface area contributed by atoms with E-state index in [0.717, 1.165) is 16.9 Å². The first-order valence-corrected chi connectivity index (χ1v) is 6.64. The summed E-state index contributed by atoms with van der Waals surface area (Å²) in [6, 6.07) is 5.95. The lowest BCUT2D eigenvalue weighted by Crippen LogP contribution is -2.37. The van der Waals surface area contributed by atoms with Crippen molar-refractivity contribution in [3.8, 4) is 5.75 Å². The number of rotatable bonds is 6. The number of amides is 2. The molecule has 2 amide bonds. The largest absolute Gasteiger partial charge is 0.483 e. The maximum absolute atomic E-state index is 11.6. The van der Waals surface area contributed by atoms with Gasteiger partial charge in [0.05, 0.1) is 6.54 Å². The number of benzene rings is 1. The predicted molar refractivity (Wildman–Crippen MR) is 77.8 cm³/mol. The Bertz CT molecular complexity index is 484. The van der Waals surface area contributed by atoms with Gasteiger partial charge in [0.25, 0.3) is 5.91 Å². The van der Waals surface area contributed by atoms with Crippen molar-refractivity contribution < 1.29 is 14.3 Å². The number of likely N-dealkylation sites (N-methyl/N-ethyl adjacent to an activating group) is 1. The Labute approximate surface area is 119 Å². The van der Waals surface area contributed by atoms with Gasteiger partial charge in [0.2, 0.25) is 5.91 Å². The molecule has 20 heavy (non-hydrogen) atoms. The van der Waals surface area contributed by atoms with E-state index in [0.29, 0.717) is 5.92 Å². The zero-order valence-electron chi connectivity index (χ0n) is 12.4. The van der Waals surface area contributed by atoms with Crippen molar-refractivity contribution in [2.75, 3.05) is 20.2 Å². The molecule has 0 unspecified atom stereocenters. The van der Waals surface area contributed by atoms with Crippen molar-refractivity contribution in [1.29, 1.82) is 0 Å². The van der Waals surface area contributed by atoms with E-state index in [1.807, 2.05) is 25.1 Å². The normalized spacial score (nSPS) is 10.2. The molecule has 1 aromatic carbocycles. The molecule has 0 fully saturated rings. The van der Waals surface area contributed by atoms with Crippen LogP contribution in [0.15, 0.2) is 18.2 Å². The molecule has 1 aromatic rings. The summed E-state index contributed by atoms with van der Waals surface area (Å²) < 4.78 is 5.56. The molecule has 0 spiro atoms. The van der Waals surface area contributed by atoms with Crippen molar-refractivity contribution in [3.63, 3.8) is 0 Å². The minimum atomic E-state index is -0.315. The van der Waals surface area contributed by atoms with Gasteiger partial charge in [-0.05, 0) is 30.0 Å². The van der Waals surface area contributed by atoms with Crippen LogP contribution in [-0.2, 0) is 9.59 Å². The second-order valence-electron chi connectivity index (χ2n) is 4.93. The average molecular weight is 278 g/mol. The summed E-state index contributed by atoms with van der Waals surface area (Å²) in [5, 5.41) is 4.92. The highest BCUT2D eigenvalue weighted by molar-refractivity contribution is 5.85. The summed E-state index contributed by atoms with van der Waals surface area (Å²) in [5.74, 6) is 0.483. The lowest BCUT2D eigenvalue weighted by molar-refractivity contribution is -0.127. The van der Waals surface area contributed by atoms with E-state index in [1.54, 1.807) is 0 Å². The van der Waals surface area contributed by atoms with Gasteiger partial charge in [0.1, 0.15) is 5.75 Å². The fraction of sp³-hybridized carbons (Fsp3) is 0.467. The number of carbonyl (C=O) groups excluding carboxylic acids is 2. The topological polar surface area (TPSA) is 67.4 Å². The monoisotopic (exact) mass is 278 g/mol. The van der Waals surface area contributed by atoms with Crippen LogP contribution in [0.2, 0.25) is 0 Å². The van der Waals surface area contributed by atoms with Gasteiger partial charge in [-0.1, -0.05) is 26.0 Å². The van der Waals surface area contributed by atoms with E-state index < -0.39 is 0 Å². The van der Waals surface area contributed by atoms with Gasteiger partial charge >= 0.3 is 0 Å². The lowest BCUT2D eigenvalue weighted by atomic mass is 10.0. The number of carbonyl (C=O) groups is 2. The molecule has 2 N–H and O–H groups in total. The van der Waals surface area contributed by atoms with Crippen LogP contribution in [-0.4, -0.2) is 32.0 Å². The van der Waals surface area contributed by atoms with Crippen molar-refractivity contribution in [3.05, 3.63) is 29.3 Å². The Hall–Kier alpha value is -2.04. The van der Waals surface area contributed by atoms with Gasteiger partial charge in [0, 0.05) is 7.05 Å². The third-order valence-electron chi connectivity index (χ3n) is 2.87. The Morgan fingerprint density at radius 3 is 2.55 bits per heavy atom. The molecule has 0 atom stereocenters. The molecule has 0 aromatic heterocycles. The Balaban J connectivity index is 2.58. The molecule has 0 saturated heterocycles. The van der Waals surface area contributed by atoms with Crippen LogP contribution in [0.3, 0.4) is 0 Å². The summed E-state index contributed by atoms with van der Waals surface area (Å²) >= 11 is 0. The molecule has 5 heteroatoms. The number of aryl methyl sites for hydroxylation is 1. The second-order valence-corrected chi connectivity index (χ2v) is 4.93. The number of nitrogens with one attached hydrogen (secondary N) is 2. The van der Waals surface area contributed by atoms with Crippen LogP contribution in [0.25, 0.3) is 0 Å². The molecule has 0 saturated carbocycles. The van der Waals surface area contributed by atoms with E-state index in [9.17, 15) is 9.59 Å². The van der Waals surface area contributed by atoms with Crippen molar-refractivity contribution in [2.24, 2.45) is 0 Å². The summed E-state index contributed by atoms with van der Waals surface area (Å²) in [6.07, 6.45) is 0. The second kappa shape index (κ2) is 7.53. The van der Waals surface area contributed by atoms with Gasteiger partial charge in [-0.25, -0.2) is 0 Å². The third kappa shape index (κ3) is 4.91. The smallest absolute Gasteiger partial charge is 0.258 e. The SMILES string of the molecule is CNC(=O)CNC(=O)COc1cc(C)ccc1C(C)C. The molecular weight excluding hydrogens is 256 g/mol. The van der Waals surface area contributed by atoms with Gasteiger partial charge in [-0.3, -0.25) is 9.59 Å². The molecule has 0 bridgehead atoms. The fourth-order valence-corrected chi connectivity index (χ4v) is 1.71. The highest BCUT2D eigenvalue weighted by atomic mass is 16.5. The van der Waals surface area contributed by atoms with E-state index in [4.69, 9.17) is 4.74 Å². The average Bonchev–Trinajstić information content (AvgIpc) is 2.42. The molecule has 110 valence electrons. The zero-order chi connectivity index (χ0) is 15.1. The fourth-order valence-electron chi connectivity index (χ4n) is 1.71. The van der Waals surface area contributed by atoms with Crippen molar-refractivity contribution in [2.45, 2.75) is 26.7 Å². The highest BCUT2D eigenvalue weighted by Crippen LogP contribution is 2.27. The van der Waals surface area contributed by atoms with Crippen LogP contribution in [0.1, 0.15) is 30.9 Å². The number of hydrogen-bond acceptors (Lipinski definition) is 3. The molecular formula is C15H22N2O3. The minimum Gasteiger partial charge on any atom is -0.483 e. The first-order chi connectivity index (χ1) is 9.43. The Kier molecular flexibility index (Phi) is 6.03. The Morgan fingerprint density at radius 2 is 1.95 bits per heavy atom. The van der Waals surface area contributed by atoms with Gasteiger partial charge < -0.3 is 15.4 Å². The molecule has 0 radical (unpaired) electrons. The molecule has 1 rings (SSSR count). The van der Waals surface area contributed by atoms with Crippen molar-refractivity contribution in [1.82, 2.24) is 10.6 Å². The Morgan fingerprint density at radius 1 is 1.25 bits per heavy atom. The number of hydrogen-bond donors (Lipinski definition) is 2. The van der Waals surface area contributed by atoms with Crippen LogP contribution in [0, 0.1) is 6.92 Å². The van der Waals surface area contributed by atoms with Crippen LogP contribution in [0.4, 0.5) is 0 Å². The molecule has 0 aliphatic heterocycles. The van der Waals surface area contributed by atoms with Crippen molar-refractivity contribution >= 4 is 11.8 Å². The quantitative estimate of drug-likeness (QED) is 0.825. The minimum absolute atomic E-state index is 0.0381. The molecule has 0 aliphatic rings.